The van der Waals surface area contributed by atoms with Gasteiger partial charge in [0.25, 0.3) is 11.8 Å². The van der Waals surface area contributed by atoms with E-state index in [2.05, 4.69) is 15.0 Å². The summed E-state index contributed by atoms with van der Waals surface area (Å²) in [7, 11) is 1.46. The van der Waals surface area contributed by atoms with Crippen LogP contribution in [0.4, 0.5) is 8.78 Å². The zero-order valence-corrected chi connectivity index (χ0v) is 11.4. The van der Waals surface area contributed by atoms with Crippen LogP contribution in [0.5, 0.6) is 6.01 Å². The number of alkyl halides is 2. The van der Waals surface area contributed by atoms with Gasteiger partial charge in [-0.25, -0.2) is 4.98 Å². The van der Waals surface area contributed by atoms with E-state index in [1.165, 1.54) is 7.11 Å². The Morgan fingerprint density at radius 2 is 1.95 bits per heavy atom. The molecule has 8 heteroatoms. The smallest absolute Gasteiger partial charge is 0.297 e. The zero-order valence-electron chi connectivity index (χ0n) is 9.76. The van der Waals surface area contributed by atoms with Gasteiger partial charge in [0.1, 0.15) is 5.82 Å². The van der Waals surface area contributed by atoms with Gasteiger partial charge < -0.3 is 4.74 Å². The second-order valence-electron chi connectivity index (χ2n) is 3.39. The number of halogens is 2. The fourth-order valence-corrected chi connectivity index (χ4v) is 2.07. The van der Waals surface area contributed by atoms with Crippen molar-refractivity contribution < 1.29 is 13.5 Å². The summed E-state index contributed by atoms with van der Waals surface area (Å²) in [6.07, 6.45) is 0. The molecule has 0 saturated carbocycles. The fourth-order valence-electron chi connectivity index (χ4n) is 1.39. The van der Waals surface area contributed by atoms with Gasteiger partial charge in [-0.05, 0) is 24.4 Å². The number of hydrogen-bond acceptors (Lipinski definition) is 5. The molecule has 1 N–H and O–H groups in total. The molecule has 0 aliphatic rings. The Hall–Kier alpha value is -1.54. The minimum atomic E-state index is -2.43. The van der Waals surface area contributed by atoms with Gasteiger partial charge in [0.05, 0.1) is 7.11 Å². The highest BCUT2D eigenvalue weighted by Gasteiger charge is 2.07. The quantitative estimate of drug-likeness (QED) is 0.691. The standard InChI is InChI=1S/C11H9F2N3OS2/c1-17-10-14-8(15-11(18)16-10)6-2-4-7(5-3-6)19-9(12)13/h2-5,9H,1H3,(H,14,15,16,18). The van der Waals surface area contributed by atoms with Gasteiger partial charge in [-0.1, -0.05) is 23.9 Å². The van der Waals surface area contributed by atoms with Crippen molar-refractivity contribution in [3.63, 3.8) is 0 Å². The summed E-state index contributed by atoms with van der Waals surface area (Å²) in [5.41, 5.74) is 0.713. The van der Waals surface area contributed by atoms with Crippen molar-refractivity contribution in [3.05, 3.63) is 29.0 Å². The predicted molar refractivity (Wildman–Crippen MR) is 71.1 cm³/mol. The summed E-state index contributed by atoms with van der Waals surface area (Å²) in [6, 6.07) is 6.80. The third-order valence-electron chi connectivity index (χ3n) is 2.18. The van der Waals surface area contributed by atoms with Gasteiger partial charge in [0, 0.05) is 10.5 Å². The number of aromatic nitrogens is 3. The molecule has 0 amide bonds. The van der Waals surface area contributed by atoms with E-state index < -0.39 is 5.76 Å². The summed E-state index contributed by atoms with van der Waals surface area (Å²) in [5, 5.41) is 0. The Kier molecular flexibility index (Phi) is 4.43. The summed E-state index contributed by atoms with van der Waals surface area (Å²) in [5.74, 6) is -1.96. The highest BCUT2D eigenvalue weighted by Crippen LogP contribution is 2.27. The van der Waals surface area contributed by atoms with E-state index in [1.807, 2.05) is 0 Å². The Morgan fingerprint density at radius 3 is 2.53 bits per heavy atom. The van der Waals surface area contributed by atoms with E-state index >= 15 is 0 Å². The topological polar surface area (TPSA) is 50.8 Å². The van der Waals surface area contributed by atoms with Crippen LogP contribution in [-0.2, 0) is 0 Å². The number of thioether (sulfide) groups is 1. The molecule has 0 aliphatic carbocycles. The van der Waals surface area contributed by atoms with Crippen LogP contribution in [0, 0.1) is 4.77 Å². The number of benzene rings is 1. The molecule has 0 spiro atoms. The lowest BCUT2D eigenvalue weighted by atomic mass is 10.2. The minimum Gasteiger partial charge on any atom is -0.468 e. The molecule has 2 rings (SSSR count). The monoisotopic (exact) mass is 301 g/mol. The maximum absolute atomic E-state index is 12.2. The third kappa shape index (κ3) is 3.71. The van der Waals surface area contributed by atoms with Gasteiger partial charge >= 0.3 is 0 Å². The van der Waals surface area contributed by atoms with Crippen LogP contribution in [0.25, 0.3) is 11.4 Å². The van der Waals surface area contributed by atoms with E-state index in [1.54, 1.807) is 24.3 Å². The zero-order chi connectivity index (χ0) is 13.8. The number of H-pyrrole nitrogens is 1. The summed E-state index contributed by atoms with van der Waals surface area (Å²) in [6.45, 7) is 0. The average Bonchev–Trinajstić information content (AvgIpc) is 2.38. The lowest BCUT2D eigenvalue weighted by Crippen LogP contribution is -1.97. The van der Waals surface area contributed by atoms with Crippen LogP contribution in [0.15, 0.2) is 29.2 Å². The lowest BCUT2D eigenvalue weighted by molar-refractivity contribution is 0.252. The highest BCUT2D eigenvalue weighted by atomic mass is 32.2. The molecular formula is C11H9F2N3OS2. The lowest BCUT2D eigenvalue weighted by Gasteiger charge is -2.05. The summed E-state index contributed by atoms with van der Waals surface area (Å²) < 4.78 is 29.5. The van der Waals surface area contributed by atoms with Crippen LogP contribution in [0.3, 0.4) is 0 Å². The van der Waals surface area contributed by atoms with Gasteiger partial charge in [-0.15, -0.1) is 0 Å². The molecule has 0 saturated heterocycles. The van der Waals surface area contributed by atoms with Crippen LogP contribution in [0.2, 0.25) is 0 Å². The van der Waals surface area contributed by atoms with E-state index in [0.717, 1.165) is 0 Å². The number of ether oxygens (including phenoxy) is 1. The first-order valence-corrected chi connectivity index (χ1v) is 6.45. The maximum Gasteiger partial charge on any atom is 0.297 e. The Bertz CT molecular complexity index is 616. The molecular weight excluding hydrogens is 292 g/mol. The van der Waals surface area contributed by atoms with Crippen molar-refractivity contribution in [1.82, 2.24) is 15.0 Å². The molecule has 4 nitrogen and oxygen atoms in total. The molecule has 100 valence electrons. The fraction of sp³-hybridized carbons (Fsp3) is 0.182. The van der Waals surface area contributed by atoms with Gasteiger partial charge in [0.15, 0.2) is 0 Å². The van der Waals surface area contributed by atoms with Crippen LogP contribution in [0.1, 0.15) is 0 Å². The molecule has 0 atom stereocenters. The average molecular weight is 301 g/mol. The van der Waals surface area contributed by atoms with Gasteiger partial charge in [0.2, 0.25) is 4.77 Å². The first kappa shape index (κ1) is 13.9. The van der Waals surface area contributed by atoms with E-state index in [4.69, 9.17) is 17.0 Å². The van der Waals surface area contributed by atoms with Crippen LogP contribution < -0.4 is 4.74 Å². The first-order chi connectivity index (χ1) is 9.08. The number of hydrogen-bond donors (Lipinski definition) is 1. The molecule has 1 aromatic carbocycles. The predicted octanol–water partition coefficient (Wildman–Crippen LogP) is 3.52. The molecule has 0 radical (unpaired) electrons. The Labute approximate surface area is 117 Å². The van der Waals surface area contributed by atoms with Crippen molar-refractivity contribution in [1.29, 1.82) is 0 Å². The number of aromatic amines is 1. The van der Waals surface area contributed by atoms with Gasteiger partial charge in [-0.2, -0.15) is 13.8 Å². The van der Waals surface area contributed by atoms with Crippen molar-refractivity contribution in [3.8, 4) is 17.4 Å². The molecule has 2 aromatic rings. The third-order valence-corrected chi connectivity index (χ3v) is 3.08. The van der Waals surface area contributed by atoms with Crippen molar-refractivity contribution in [2.45, 2.75) is 10.7 Å². The normalized spacial score (nSPS) is 10.7. The SMILES string of the molecule is COc1nc(=S)nc(-c2ccc(SC(F)F)cc2)[nH]1. The van der Waals surface area contributed by atoms with Crippen molar-refractivity contribution >= 4 is 24.0 Å². The second kappa shape index (κ2) is 6.07. The van der Waals surface area contributed by atoms with E-state index in [0.29, 0.717) is 28.0 Å². The Balaban J connectivity index is 2.31. The van der Waals surface area contributed by atoms with Crippen molar-refractivity contribution in [2.24, 2.45) is 0 Å². The molecule has 19 heavy (non-hydrogen) atoms. The molecule has 0 fully saturated rings. The van der Waals surface area contributed by atoms with Crippen LogP contribution >= 0.6 is 24.0 Å². The summed E-state index contributed by atoms with van der Waals surface area (Å²) in [4.78, 5) is 11.2. The number of methoxy groups -OCH3 is 1. The van der Waals surface area contributed by atoms with E-state index in [9.17, 15) is 8.78 Å². The summed E-state index contributed by atoms with van der Waals surface area (Å²) >= 11 is 5.40. The first-order valence-electron chi connectivity index (χ1n) is 5.16. The van der Waals surface area contributed by atoms with Crippen molar-refractivity contribution in [2.75, 3.05) is 7.11 Å². The minimum absolute atomic E-state index is 0.150. The number of rotatable bonds is 4. The highest BCUT2D eigenvalue weighted by molar-refractivity contribution is 7.99. The second-order valence-corrected chi connectivity index (χ2v) is 4.82. The number of nitrogens with one attached hydrogen (secondary N) is 1. The van der Waals surface area contributed by atoms with Crippen LogP contribution in [-0.4, -0.2) is 27.8 Å². The largest absolute Gasteiger partial charge is 0.468 e. The number of nitrogens with zero attached hydrogens (tertiary/aromatic N) is 2. The van der Waals surface area contributed by atoms with Gasteiger partial charge in [-0.3, -0.25) is 4.98 Å². The molecule has 1 heterocycles. The molecule has 0 unspecified atom stereocenters. The Morgan fingerprint density at radius 1 is 1.26 bits per heavy atom. The van der Waals surface area contributed by atoms with E-state index in [-0.39, 0.29) is 10.8 Å². The maximum atomic E-state index is 12.2. The molecule has 0 aliphatic heterocycles. The molecule has 1 aromatic heterocycles. The molecule has 0 bridgehead atoms.